The van der Waals surface area contributed by atoms with Crippen molar-refractivity contribution in [1.29, 1.82) is 0 Å². The number of carbonyl (C=O) groups excluding carboxylic acids is 2. The number of fused-ring (bicyclic) bond motifs is 1. The summed E-state index contributed by atoms with van der Waals surface area (Å²) in [5, 5.41) is 1.99. The van der Waals surface area contributed by atoms with Crippen molar-refractivity contribution < 1.29 is 31.2 Å². The largest absolute Gasteiger partial charge is 0.348 e. The number of carbonyl (C=O) groups is 2. The quantitative estimate of drug-likeness (QED) is 0.646. The second kappa shape index (κ2) is 9.41. The maximum absolute atomic E-state index is 13.7. The summed E-state index contributed by atoms with van der Waals surface area (Å²) < 4.78 is 65.1. The molecule has 1 amide bonds. The summed E-state index contributed by atoms with van der Waals surface area (Å²) in [6, 6.07) is 5.82. The van der Waals surface area contributed by atoms with Gasteiger partial charge in [-0.05, 0) is 30.2 Å². The van der Waals surface area contributed by atoms with Crippen LogP contribution in [-0.2, 0) is 27.8 Å². The molecule has 0 bridgehead atoms. The Hall–Kier alpha value is -2.37. The summed E-state index contributed by atoms with van der Waals surface area (Å²) in [7, 11) is -3.33. The fourth-order valence-electron chi connectivity index (χ4n) is 3.10. The highest BCUT2D eigenvalue weighted by Gasteiger charge is 2.27. The van der Waals surface area contributed by atoms with Crippen LogP contribution in [0.25, 0.3) is 0 Å². The van der Waals surface area contributed by atoms with Crippen LogP contribution >= 0.6 is 11.8 Å². The molecule has 31 heavy (non-hydrogen) atoms. The zero-order valence-electron chi connectivity index (χ0n) is 16.4. The van der Waals surface area contributed by atoms with E-state index in [4.69, 9.17) is 0 Å². The molecule has 0 saturated heterocycles. The van der Waals surface area contributed by atoms with Gasteiger partial charge >= 0.3 is 0 Å². The third kappa shape index (κ3) is 6.08. The lowest BCUT2D eigenvalue weighted by atomic mass is 10.0. The molecule has 2 N–H and O–H groups in total. The highest BCUT2D eigenvalue weighted by atomic mass is 32.2. The first-order chi connectivity index (χ1) is 14.5. The fraction of sp³-hybridized carbons (Fsp3) is 0.300. The molecule has 11 heteroatoms. The molecule has 1 heterocycles. The van der Waals surface area contributed by atoms with E-state index in [0.29, 0.717) is 24.1 Å². The van der Waals surface area contributed by atoms with Gasteiger partial charge in [-0.3, -0.25) is 9.59 Å². The van der Waals surface area contributed by atoms with Gasteiger partial charge in [0.05, 0.1) is 11.5 Å². The molecule has 0 spiro atoms. The van der Waals surface area contributed by atoms with Gasteiger partial charge in [-0.15, -0.1) is 11.8 Å². The molecule has 6 nitrogen and oxygen atoms in total. The van der Waals surface area contributed by atoms with Gasteiger partial charge in [0.2, 0.25) is 10.0 Å². The van der Waals surface area contributed by atoms with E-state index in [2.05, 4.69) is 10.0 Å². The second-order valence-corrected chi connectivity index (χ2v) is 10.1. The number of thioether (sulfide) groups is 1. The lowest BCUT2D eigenvalue weighted by Gasteiger charge is -2.23. The SMILES string of the molecule is CS(=O)(=O)NCCC1Sc2ccc(C(=O)NCc3c(F)cc(F)cc3F)cc2CC1=O. The van der Waals surface area contributed by atoms with Crippen LogP contribution in [0.2, 0.25) is 0 Å². The molecule has 0 saturated carbocycles. The number of Topliss-reactive ketones (excluding diaryl/α,β-unsaturated/α-hetero) is 1. The lowest BCUT2D eigenvalue weighted by Crippen LogP contribution is -2.31. The van der Waals surface area contributed by atoms with Gasteiger partial charge in [0.25, 0.3) is 5.91 Å². The third-order valence-corrected chi connectivity index (χ3v) is 6.78. The number of hydrogen-bond donors (Lipinski definition) is 2. The van der Waals surface area contributed by atoms with Crippen molar-refractivity contribution in [3.05, 3.63) is 64.5 Å². The van der Waals surface area contributed by atoms with Gasteiger partial charge in [0.1, 0.15) is 17.5 Å². The van der Waals surface area contributed by atoms with Crippen molar-refractivity contribution in [2.45, 2.75) is 29.5 Å². The van der Waals surface area contributed by atoms with E-state index in [-0.39, 0.29) is 24.3 Å². The molecular weight excluding hydrogens is 453 g/mol. The molecule has 0 fully saturated rings. The van der Waals surface area contributed by atoms with Crippen molar-refractivity contribution in [3.8, 4) is 0 Å². The summed E-state index contributed by atoms with van der Waals surface area (Å²) in [6.45, 7) is -0.314. The molecule has 1 unspecified atom stereocenters. The maximum Gasteiger partial charge on any atom is 0.251 e. The molecule has 0 aromatic heterocycles. The summed E-state index contributed by atoms with van der Waals surface area (Å²) in [5.74, 6) is -3.92. The average Bonchev–Trinajstić information content (AvgIpc) is 2.66. The van der Waals surface area contributed by atoms with Crippen LogP contribution in [0.5, 0.6) is 0 Å². The molecule has 1 aliphatic rings. The Morgan fingerprint density at radius 3 is 2.48 bits per heavy atom. The third-order valence-electron chi connectivity index (χ3n) is 4.62. The minimum absolute atomic E-state index is 0.0826. The normalized spacial score (nSPS) is 16.1. The van der Waals surface area contributed by atoms with Gasteiger partial charge in [-0.2, -0.15) is 0 Å². The fourth-order valence-corrected chi connectivity index (χ4v) is 4.78. The molecule has 0 aliphatic carbocycles. The van der Waals surface area contributed by atoms with E-state index in [9.17, 15) is 31.2 Å². The zero-order valence-corrected chi connectivity index (χ0v) is 18.0. The van der Waals surface area contributed by atoms with Crippen LogP contribution in [0, 0.1) is 17.5 Å². The van der Waals surface area contributed by atoms with Gasteiger partial charge in [0.15, 0.2) is 5.78 Å². The first kappa shape index (κ1) is 23.3. The number of halogens is 3. The van der Waals surface area contributed by atoms with Gasteiger partial charge in [0, 0.05) is 47.7 Å². The van der Waals surface area contributed by atoms with Crippen LogP contribution in [0.1, 0.15) is 27.9 Å². The molecule has 3 rings (SSSR count). The maximum atomic E-state index is 13.7. The standard InChI is InChI=1S/C20H19F3N2O4S2/c1-31(28,29)25-5-4-19-17(26)7-12-6-11(2-3-18(12)30-19)20(27)24-10-14-15(22)8-13(21)9-16(14)23/h2-3,6,8-9,19,25H,4-5,7,10H2,1H3,(H,24,27). The Balaban J connectivity index is 1.65. The Bertz CT molecular complexity index is 1120. The first-order valence-corrected chi connectivity index (χ1v) is 12.0. The Morgan fingerprint density at radius 1 is 1.16 bits per heavy atom. The number of hydrogen-bond acceptors (Lipinski definition) is 5. The number of benzene rings is 2. The van der Waals surface area contributed by atoms with E-state index in [1.165, 1.54) is 23.9 Å². The number of sulfonamides is 1. The highest BCUT2D eigenvalue weighted by molar-refractivity contribution is 8.00. The monoisotopic (exact) mass is 472 g/mol. The van der Waals surface area contributed by atoms with Crippen LogP contribution in [0.3, 0.4) is 0 Å². The molecule has 166 valence electrons. The van der Waals surface area contributed by atoms with Crippen molar-refractivity contribution in [2.24, 2.45) is 0 Å². The number of nitrogens with one attached hydrogen (secondary N) is 2. The smallest absolute Gasteiger partial charge is 0.251 e. The topological polar surface area (TPSA) is 92.3 Å². The number of amides is 1. The minimum Gasteiger partial charge on any atom is -0.348 e. The van der Waals surface area contributed by atoms with E-state index < -0.39 is 50.7 Å². The van der Waals surface area contributed by atoms with Crippen molar-refractivity contribution in [2.75, 3.05) is 12.8 Å². The highest BCUT2D eigenvalue weighted by Crippen LogP contribution is 2.35. The number of rotatable bonds is 7. The molecule has 1 aliphatic heterocycles. The number of ketones is 1. The summed E-state index contributed by atoms with van der Waals surface area (Å²) in [4.78, 5) is 25.6. The predicted molar refractivity (Wildman–Crippen MR) is 110 cm³/mol. The van der Waals surface area contributed by atoms with E-state index in [0.717, 1.165) is 11.2 Å². The van der Waals surface area contributed by atoms with Crippen molar-refractivity contribution in [1.82, 2.24) is 10.0 Å². The molecule has 2 aromatic carbocycles. The Morgan fingerprint density at radius 2 is 1.84 bits per heavy atom. The van der Waals surface area contributed by atoms with Gasteiger partial charge in [-0.25, -0.2) is 26.3 Å². The van der Waals surface area contributed by atoms with Crippen LogP contribution in [0.15, 0.2) is 35.2 Å². The van der Waals surface area contributed by atoms with Crippen molar-refractivity contribution >= 4 is 33.5 Å². The summed E-state index contributed by atoms with van der Waals surface area (Å²) >= 11 is 1.30. The summed E-state index contributed by atoms with van der Waals surface area (Å²) in [6.07, 6.45) is 1.48. The van der Waals surface area contributed by atoms with Crippen LogP contribution in [0.4, 0.5) is 13.2 Å². The zero-order chi connectivity index (χ0) is 22.8. The predicted octanol–water partition coefficient (Wildman–Crippen LogP) is 2.56. The van der Waals surface area contributed by atoms with Crippen LogP contribution < -0.4 is 10.0 Å². The van der Waals surface area contributed by atoms with Gasteiger partial charge in [-0.1, -0.05) is 0 Å². The van der Waals surface area contributed by atoms with Gasteiger partial charge < -0.3 is 5.32 Å². The minimum atomic E-state index is -3.33. The average molecular weight is 473 g/mol. The Labute approximate surface area is 181 Å². The Kier molecular flexibility index (Phi) is 7.07. The van der Waals surface area contributed by atoms with E-state index in [1.807, 2.05) is 0 Å². The van der Waals surface area contributed by atoms with Crippen molar-refractivity contribution in [3.63, 3.8) is 0 Å². The molecular formula is C20H19F3N2O4S2. The lowest BCUT2D eigenvalue weighted by molar-refractivity contribution is -0.118. The molecule has 2 aromatic rings. The summed E-state index contributed by atoms with van der Waals surface area (Å²) in [5.41, 5.74) is 0.408. The molecule has 1 atom stereocenters. The molecule has 0 radical (unpaired) electrons. The van der Waals surface area contributed by atoms with E-state index >= 15 is 0 Å². The second-order valence-electron chi connectivity index (χ2n) is 7.06. The van der Waals surface area contributed by atoms with Crippen LogP contribution in [-0.4, -0.2) is 38.2 Å². The van der Waals surface area contributed by atoms with E-state index in [1.54, 1.807) is 6.07 Å². The first-order valence-electron chi connectivity index (χ1n) is 9.22.